The number of nitriles is 1. The molecule has 5 heteroatoms. The molecule has 1 atom stereocenters. The number of carbonyl (C=O) groups is 1. The Morgan fingerprint density at radius 3 is 2.82 bits per heavy atom. The average molecular weight is 233 g/mol. The van der Waals surface area contributed by atoms with E-state index < -0.39 is 6.04 Å². The molecule has 1 unspecified atom stereocenters. The minimum Gasteiger partial charge on any atom is -0.320 e. The van der Waals surface area contributed by atoms with Gasteiger partial charge in [0.1, 0.15) is 11.9 Å². The van der Waals surface area contributed by atoms with Crippen LogP contribution in [-0.2, 0) is 0 Å². The highest BCUT2D eigenvalue weighted by molar-refractivity contribution is 5.94. The normalized spacial score (nSPS) is 19.8. The summed E-state index contributed by atoms with van der Waals surface area (Å²) < 4.78 is 12.7. The highest BCUT2D eigenvalue weighted by Crippen LogP contribution is 2.11. The largest absolute Gasteiger partial charge is 0.320 e. The van der Waals surface area contributed by atoms with Crippen molar-refractivity contribution in [1.82, 2.24) is 10.2 Å². The van der Waals surface area contributed by atoms with Crippen LogP contribution in [0, 0.1) is 17.1 Å². The van der Waals surface area contributed by atoms with E-state index in [0.29, 0.717) is 25.2 Å². The van der Waals surface area contributed by atoms with E-state index in [1.165, 1.54) is 29.2 Å². The number of piperazine rings is 1. The molecule has 1 N–H and O–H groups in total. The molecule has 1 fully saturated rings. The van der Waals surface area contributed by atoms with Crippen molar-refractivity contribution >= 4 is 5.91 Å². The predicted molar refractivity (Wildman–Crippen MR) is 59.7 cm³/mol. The first-order chi connectivity index (χ1) is 8.22. The number of rotatable bonds is 1. The lowest BCUT2D eigenvalue weighted by atomic mass is 10.1. The maximum absolute atomic E-state index is 12.7. The van der Waals surface area contributed by atoms with E-state index in [1.54, 1.807) is 0 Å². The van der Waals surface area contributed by atoms with Gasteiger partial charge in [0.15, 0.2) is 0 Å². The molecular formula is C12H12FN3O. The zero-order valence-electron chi connectivity index (χ0n) is 9.19. The topological polar surface area (TPSA) is 56.1 Å². The minimum atomic E-state index is -0.457. The lowest BCUT2D eigenvalue weighted by molar-refractivity contribution is 0.0687. The zero-order valence-corrected chi connectivity index (χ0v) is 9.19. The Balaban J connectivity index is 2.18. The van der Waals surface area contributed by atoms with Crippen molar-refractivity contribution in [3.8, 4) is 6.07 Å². The molecule has 0 saturated carbocycles. The van der Waals surface area contributed by atoms with Gasteiger partial charge >= 0.3 is 0 Å². The maximum Gasteiger partial charge on any atom is 0.255 e. The van der Waals surface area contributed by atoms with Gasteiger partial charge in [-0.2, -0.15) is 5.26 Å². The van der Waals surface area contributed by atoms with Crippen LogP contribution in [-0.4, -0.2) is 36.5 Å². The second-order valence-corrected chi connectivity index (χ2v) is 3.85. The fourth-order valence-corrected chi connectivity index (χ4v) is 1.82. The first-order valence-electron chi connectivity index (χ1n) is 5.39. The smallest absolute Gasteiger partial charge is 0.255 e. The molecule has 1 amide bonds. The average Bonchev–Trinajstić information content (AvgIpc) is 2.39. The molecule has 1 heterocycles. The van der Waals surface area contributed by atoms with E-state index in [4.69, 9.17) is 5.26 Å². The number of hydrogen-bond acceptors (Lipinski definition) is 3. The Hall–Kier alpha value is -1.93. The van der Waals surface area contributed by atoms with Crippen LogP contribution in [0.5, 0.6) is 0 Å². The fourth-order valence-electron chi connectivity index (χ4n) is 1.82. The van der Waals surface area contributed by atoms with Gasteiger partial charge in [-0.15, -0.1) is 0 Å². The summed E-state index contributed by atoms with van der Waals surface area (Å²) in [5.41, 5.74) is 0.411. The molecule has 88 valence electrons. The zero-order chi connectivity index (χ0) is 12.3. The standard InChI is InChI=1S/C12H12FN3O/c13-10-3-1-9(2-4-10)12(17)16-6-5-15-8-11(16)7-14/h1-4,11,15H,5-6,8H2. The molecule has 2 rings (SSSR count). The number of carbonyl (C=O) groups excluding carboxylic acids is 1. The summed E-state index contributed by atoms with van der Waals surface area (Å²) in [6.07, 6.45) is 0. The van der Waals surface area contributed by atoms with Crippen molar-refractivity contribution < 1.29 is 9.18 Å². The number of benzene rings is 1. The molecule has 4 nitrogen and oxygen atoms in total. The van der Waals surface area contributed by atoms with Gasteiger partial charge in [-0.1, -0.05) is 0 Å². The molecule has 0 aliphatic carbocycles. The Kier molecular flexibility index (Phi) is 3.35. The summed E-state index contributed by atoms with van der Waals surface area (Å²) in [5, 5.41) is 12.0. The van der Waals surface area contributed by atoms with Crippen LogP contribution >= 0.6 is 0 Å². The van der Waals surface area contributed by atoms with Crippen LogP contribution < -0.4 is 5.32 Å². The summed E-state index contributed by atoms with van der Waals surface area (Å²) >= 11 is 0. The molecule has 1 aliphatic heterocycles. The summed E-state index contributed by atoms with van der Waals surface area (Å²) in [4.78, 5) is 13.6. The van der Waals surface area contributed by atoms with Crippen LogP contribution in [0.2, 0.25) is 0 Å². The summed E-state index contributed by atoms with van der Waals surface area (Å²) in [6.45, 7) is 1.64. The van der Waals surface area contributed by atoms with Gasteiger partial charge in [-0.05, 0) is 24.3 Å². The van der Waals surface area contributed by atoms with Crippen LogP contribution in [0.4, 0.5) is 4.39 Å². The molecule has 1 aromatic rings. The molecule has 1 saturated heterocycles. The molecular weight excluding hydrogens is 221 g/mol. The lowest BCUT2D eigenvalue weighted by Gasteiger charge is -2.32. The van der Waals surface area contributed by atoms with Gasteiger partial charge < -0.3 is 10.2 Å². The van der Waals surface area contributed by atoms with Crippen LogP contribution in [0.15, 0.2) is 24.3 Å². The maximum atomic E-state index is 12.7. The molecule has 0 bridgehead atoms. The van der Waals surface area contributed by atoms with Gasteiger partial charge in [0, 0.05) is 25.2 Å². The Morgan fingerprint density at radius 1 is 1.47 bits per heavy atom. The number of nitrogens with one attached hydrogen (secondary N) is 1. The van der Waals surface area contributed by atoms with Crippen LogP contribution in [0.25, 0.3) is 0 Å². The van der Waals surface area contributed by atoms with Gasteiger partial charge in [0.05, 0.1) is 6.07 Å². The monoisotopic (exact) mass is 233 g/mol. The van der Waals surface area contributed by atoms with E-state index in [9.17, 15) is 9.18 Å². The summed E-state index contributed by atoms with van der Waals surface area (Å²) in [5.74, 6) is -0.600. The fraction of sp³-hybridized carbons (Fsp3) is 0.333. The molecule has 1 aliphatic rings. The van der Waals surface area contributed by atoms with Crippen LogP contribution in [0.1, 0.15) is 10.4 Å². The quantitative estimate of drug-likeness (QED) is 0.779. The van der Waals surface area contributed by atoms with E-state index in [2.05, 4.69) is 11.4 Å². The number of halogens is 1. The van der Waals surface area contributed by atoms with Crippen molar-refractivity contribution in [1.29, 1.82) is 5.26 Å². The Labute approximate surface area is 98.6 Å². The molecule has 17 heavy (non-hydrogen) atoms. The number of nitrogens with zero attached hydrogens (tertiary/aromatic N) is 2. The predicted octanol–water partition coefficient (Wildman–Crippen LogP) is 0.763. The van der Waals surface area contributed by atoms with Crippen molar-refractivity contribution in [3.63, 3.8) is 0 Å². The van der Waals surface area contributed by atoms with E-state index in [-0.39, 0.29) is 11.7 Å². The van der Waals surface area contributed by atoms with Crippen molar-refractivity contribution in [2.75, 3.05) is 19.6 Å². The Bertz CT molecular complexity index is 452. The van der Waals surface area contributed by atoms with E-state index in [1.807, 2.05) is 0 Å². The van der Waals surface area contributed by atoms with Crippen molar-refractivity contribution in [2.45, 2.75) is 6.04 Å². The van der Waals surface area contributed by atoms with E-state index >= 15 is 0 Å². The second-order valence-electron chi connectivity index (χ2n) is 3.85. The van der Waals surface area contributed by atoms with Gasteiger partial charge in [0.25, 0.3) is 5.91 Å². The summed E-state index contributed by atoms with van der Waals surface area (Å²) in [6, 6.07) is 7.00. The van der Waals surface area contributed by atoms with Gasteiger partial charge in [-0.25, -0.2) is 4.39 Å². The third-order valence-electron chi connectivity index (χ3n) is 2.74. The molecule has 1 aromatic carbocycles. The molecule has 0 aromatic heterocycles. The molecule has 0 radical (unpaired) electrons. The van der Waals surface area contributed by atoms with Gasteiger partial charge in [0.2, 0.25) is 0 Å². The number of amides is 1. The van der Waals surface area contributed by atoms with E-state index in [0.717, 1.165) is 0 Å². The van der Waals surface area contributed by atoms with Crippen molar-refractivity contribution in [3.05, 3.63) is 35.6 Å². The first kappa shape index (κ1) is 11.6. The third kappa shape index (κ3) is 2.43. The van der Waals surface area contributed by atoms with Gasteiger partial charge in [-0.3, -0.25) is 4.79 Å². The SMILES string of the molecule is N#CC1CNCCN1C(=O)c1ccc(F)cc1. The molecule has 0 spiro atoms. The third-order valence-corrected chi connectivity index (χ3v) is 2.74. The van der Waals surface area contributed by atoms with Crippen LogP contribution in [0.3, 0.4) is 0 Å². The second kappa shape index (κ2) is 4.93. The highest BCUT2D eigenvalue weighted by atomic mass is 19.1. The lowest BCUT2D eigenvalue weighted by Crippen LogP contribution is -2.53. The highest BCUT2D eigenvalue weighted by Gasteiger charge is 2.26. The van der Waals surface area contributed by atoms with Crippen molar-refractivity contribution in [2.24, 2.45) is 0 Å². The minimum absolute atomic E-state index is 0.224. The summed E-state index contributed by atoms with van der Waals surface area (Å²) in [7, 11) is 0. The first-order valence-corrected chi connectivity index (χ1v) is 5.39. The number of hydrogen-bond donors (Lipinski definition) is 1. The Morgan fingerprint density at radius 2 is 2.18 bits per heavy atom.